The molecule has 0 N–H and O–H groups in total. The fraction of sp³-hybridized carbons (Fsp3) is 0.176. The highest BCUT2D eigenvalue weighted by atomic mass is 79.9. The third-order valence-electron chi connectivity index (χ3n) is 3.65. The molecule has 0 saturated heterocycles. The van der Waals surface area contributed by atoms with Gasteiger partial charge in [0, 0.05) is 28.5 Å². The quantitative estimate of drug-likeness (QED) is 0.450. The molecule has 0 amide bonds. The van der Waals surface area contributed by atoms with E-state index in [1.54, 1.807) is 36.2 Å². The zero-order valence-corrected chi connectivity index (χ0v) is 14.6. The molecule has 6 heteroatoms. The van der Waals surface area contributed by atoms with Crippen molar-refractivity contribution in [2.75, 3.05) is 18.5 Å². The molecule has 0 aliphatic carbocycles. The van der Waals surface area contributed by atoms with Gasteiger partial charge in [0.25, 0.3) is 0 Å². The second-order valence-corrected chi connectivity index (χ2v) is 6.67. The van der Waals surface area contributed by atoms with Crippen LogP contribution in [0.1, 0.15) is 15.9 Å². The summed E-state index contributed by atoms with van der Waals surface area (Å²) >= 11 is 9.51. The minimum absolute atomic E-state index is 0.0395. The maximum Gasteiger partial charge on any atom is 0.330 e. The van der Waals surface area contributed by atoms with Crippen LogP contribution in [-0.4, -0.2) is 25.3 Å². The van der Waals surface area contributed by atoms with Crippen molar-refractivity contribution in [1.82, 2.24) is 0 Å². The van der Waals surface area contributed by atoms with Gasteiger partial charge in [0.15, 0.2) is 11.5 Å². The molecular formula is C17H13BrClNO3. The summed E-state index contributed by atoms with van der Waals surface area (Å²) in [4.78, 5) is 25.7. The summed E-state index contributed by atoms with van der Waals surface area (Å²) in [6.07, 6.45) is 0.217. The minimum Gasteiger partial charge on any atom is -0.423 e. The normalized spacial score (nSPS) is 13.5. The van der Waals surface area contributed by atoms with Gasteiger partial charge in [-0.25, -0.2) is 4.79 Å². The number of hydrogen-bond acceptors (Lipinski definition) is 4. The molecule has 0 radical (unpaired) electrons. The van der Waals surface area contributed by atoms with E-state index >= 15 is 0 Å². The standard InChI is InChI=1S/C17H13BrClNO3/c1-20-9-17(22)23-16-5-3-11(6-14(16)20)15(21)7-10-2-4-12(18)8-13(10)19/h2-6,8H,7,9H2,1H3. The van der Waals surface area contributed by atoms with Gasteiger partial charge in [-0.15, -0.1) is 0 Å². The summed E-state index contributed by atoms with van der Waals surface area (Å²) in [6.45, 7) is 0.170. The predicted molar refractivity (Wildman–Crippen MR) is 92.5 cm³/mol. The van der Waals surface area contributed by atoms with Crippen molar-refractivity contribution in [3.63, 3.8) is 0 Å². The average Bonchev–Trinajstić information content (AvgIpc) is 2.49. The van der Waals surface area contributed by atoms with E-state index < -0.39 is 0 Å². The number of ketones is 1. The summed E-state index contributed by atoms with van der Waals surface area (Å²) < 4.78 is 6.04. The first-order chi connectivity index (χ1) is 10.9. The Hall–Kier alpha value is -1.85. The lowest BCUT2D eigenvalue weighted by Crippen LogP contribution is -2.33. The molecule has 0 aromatic heterocycles. The lowest BCUT2D eigenvalue weighted by atomic mass is 10.0. The monoisotopic (exact) mass is 393 g/mol. The summed E-state index contributed by atoms with van der Waals surface area (Å²) in [5, 5.41) is 0.553. The first-order valence-electron chi connectivity index (χ1n) is 6.97. The molecule has 118 valence electrons. The van der Waals surface area contributed by atoms with Gasteiger partial charge in [-0.05, 0) is 35.9 Å². The Labute approximate surface area is 147 Å². The number of Topliss-reactive ketones (excluding diaryl/α,β-unsaturated/α-hetero) is 1. The van der Waals surface area contributed by atoms with E-state index in [0.29, 0.717) is 16.3 Å². The number of anilines is 1. The molecule has 2 aromatic rings. The largest absolute Gasteiger partial charge is 0.423 e. The van der Waals surface area contributed by atoms with Crippen molar-refractivity contribution in [2.45, 2.75) is 6.42 Å². The molecule has 4 nitrogen and oxygen atoms in total. The van der Waals surface area contributed by atoms with Crippen LogP contribution in [0.3, 0.4) is 0 Å². The predicted octanol–water partition coefficient (Wildman–Crippen LogP) is 3.88. The Morgan fingerprint density at radius 1 is 1.30 bits per heavy atom. The number of nitrogens with zero attached hydrogens (tertiary/aromatic N) is 1. The Balaban J connectivity index is 1.86. The van der Waals surface area contributed by atoms with E-state index in [0.717, 1.165) is 15.7 Å². The molecule has 0 spiro atoms. The molecule has 1 heterocycles. The molecule has 1 aliphatic rings. The van der Waals surface area contributed by atoms with E-state index in [1.165, 1.54) is 0 Å². The number of esters is 1. The van der Waals surface area contributed by atoms with Gasteiger partial charge >= 0.3 is 5.97 Å². The van der Waals surface area contributed by atoms with Crippen LogP contribution in [-0.2, 0) is 11.2 Å². The van der Waals surface area contributed by atoms with Crippen molar-refractivity contribution in [3.8, 4) is 5.75 Å². The molecule has 0 atom stereocenters. The third-order valence-corrected chi connectivity index (χ3v) is 4.49. The van der Waals surface area contributed by atoms with Crippen molar-refractivity contribution in [3.05, 3.63) is 57.0 Å². The Morgan fingerprint density at radius 2 is 2.09 bits per heavy atom. The van der Waals surface area contributed by atoms with Gasteiger partial charge in [-0.1, -0.05) is 33.6 Å². The van der Waals surface area contributed by atoms with Crippen molar-refractivity contribution < 1.29 is 14.3 Å². The van der Waals surface area contributed by atoms with E-state index in [2.05, 4.69) is 15.9 Å². The van der Waals surface area contributed by atoms with Crippen LogP contribution in [0.5, 0.6) is 5.75 Å². The Bertz CT molecular complexity index is 806. The average molecular weight is 395 g/mol. The lowest BCUT2D eigenvalue weighted by molar-refractivity contribution is -0.133. The first-order valence-corrected chi connectivity index (χ1v) is 8.14. The van der Waals surface area contributed by atoms with Crippen LogP contribution in [0.15, 0.2) is 40.9 Å². The van der Waals surface area contributed by atoms with E-state index in [4.69, 9.17) is 16.3 Å². The molecule has 3 rings (SSSR count). The zero-order chi connectivity index (χ0) is 16.6. The van der Waals surface area contributed by atoms with Gasteiger partial charge in [-0.3, -0.25) is 4.79 Å². The first kappa shape index (κ1) is 16.0. The van der Waals surface area contributed by atoms with Crippen LogP contribution in [0.4, 0.5) is 5.69 Å². The van der Waals surface area contributed by atoms with Crippen molar-refractivity contribution in [1.29, 1.82) is 0 Å². The second kappa shape index (κ2) is 6.34. The number of hydrogen-bond donors (Lipinski definition) is 0. The summed E-state index contributed by atoms with van der Waals surface area (Å²) in [5.74, 6) is 0.130. The molecule has 0 unspecified atom stereocenters. The van der Waals surface area contributed by atoms with Gasteiger partial charge in [-0.2, -0.15) is 0 Å². The third kappa shape index (κ3) is 3.41. The SMILES string of the molecule is CN1CC(=O)Oc2ccc(C(=O)Cc3ccc(Br)cc3Cl)cc21. The van der Waals surface area contributed by atoms with E-state index in [9.17, 15) is 9.59 Å². The van der Waals surface area contributed by atoms with E-state index in [-0.39, 0.29) is 24.7 Å². The molecule has 2 aromatic carbocycles. The van der Waals surface area contributed by atoms with Crippen LogP contribution < -0.4 is 9.64 Å². The number of halogens is 2. The number of benzene rings is 2. The highest BCUT2D eigenvalue weighted by Crippen LogP contribution is 2.32. The van der Waals surface area contributed by atoms with Crippen molar-refractivity contribution >= 4 is 45.0 Å². The smallest absolute Gasteiger partial charge is 0.330 e. The van der Waals surface area contributed by atoms with Gasteiger partial charge in [0.1, 0.15) is 6.54 Å². The van der Waals surface area contributed by atoms with Crippen LogP contribution in [0.2, 0.25) is 5.02 Å². The molecule has 23 heavy (non-hydrogen) atoms. The summed E-state index contributed by atoms with van der Waals surface area (Å²) in [5.41, 5.74) is 2.07. The molecular weight excluding hydrogens is 382 g/mol. The van der Waals surface area contributed by atoms with Gasteiger partial charge in [0.05, 0.1) is 5.69 Å². The van der Waals surface area contributed by atoms with Crippen LogP contribution in [0, 0.1) is 0 Å². The van der Waals surface area contributed by atoms with Gasteiger partial charge < -0.3 is 9.64 Å². The Kier molecular flexibility index (Phi) is 4.41. The number of ether oxygens (including phenoxy) is 1. The zero-order valence-electron chi connectivity index (χ0n) is 12.3. The molecule has 0 saturated carbocycles. The number of likely N-dealkylation sites (N-methyl/N-ethyl adjacent to an activating group) is 1. The molecule has 1 aliphatic heterocycles. The highest BCUT2D eigenvalue weighted by molar-refractivity contribution is 9.10. The van der Waals surface area contributed by atoms with Crippen LogP contribution >= 0.6 is 27.5 Å². The fourth-order valence-electron chi connectivity index (χ4n) is 2.45. The number of fused-ring (bicyclic) bond motifs is 1. The Morgan fingerprint density at radius 3 is 2.83 bits per heavy atom. The maximum absolute atomic E-state index is 12.5. The molecule has 0 fully saturated rings. The van der Waals surface area contributed by atoms with E-state index in [1.807, 2.05) is 12.1 Å². The topological polar surface area (TPSA) is 46.6 Å². The number of rotatable bonds is 3. The highest BCUT2D eigenvalue weighted by Gasteiger charge is 2.22. The van der Waals surface area contributed by atoms with Crippen LogP contribution in [0.25, 0.3) is 0 Å². The summed E-state index contributed by atoms with van der Waals surface area (Å²) in [6, 6.07) is 10.5. The molecule has 0 bridgehead atoms. The fourth-order valence-corrected chi connectivity index (χ4v) is 3.19. The number of carbonyl (C=O) groups excluding carboxylic acids is 2. The summed E-state index contributed by atoms with van der Waals surface area (Å²) in [7, 11) is 1.79. The minimum atomic E-state index is -0.305. The van der Waals surface area contributed by atoms with Crippen molar-refractivity contribution in [2.24, 2.45) is 0 Å². The second-order valence-electron chi connectivity index (χ2n) is 5.35. The maximum atomic E-state index is 12.5. The number of carbonyl (C=O) groups is 2. The lowest BCUT2D eigenvalue weighted by Gasteiger charge is -2.26. The van der Waals surface area contributed by atoms with Gasteiger partial charge in [0.2, 0.25) is 0 Å².